The standard InChI is InChI=1S/C22H26O8/c1-5-7-12-9-14(28-3)11-15(23)17(12)22(27)30-20-16(24)10-13(8-6-2)18(19(20)25)21(26)29-4/h9-11,23-25H,5-8H2,1-4H3. The van der Waals surface area contributed by atoms with Crippen molar-refractivity contribution in [2.24, 2.45) is 0 Å². The maximum atomic E-state index is 12.8. The minimum absolute atomic E-state index is 0.117. The van der Waals surface area contributed by atoms with Gasteiger partial charge in [-0.25, -0.2) is 9.59 Å². The molecule has 0 saturated heterocycles. The molecule has 2 aromatic carbocycles. The summed E-state index contributed by atoms with van der Waals surface area (Å²) in [5, 5.41) is 31.2. The van der Waals surface area contributed by atoms with Crippen molar-refractivity contribution in [3.63, 3.8) is 0 Å². The van der Waals surface area contributed by atoms with E-state index in [-0.39, 0.29) is 16.9 Å². The van der Waals surface area contributed by atoms with E-state index in [1.807, 2.05) is 13.8 Å². The quantitative estimate of drug-likeness (QED) is 0.438. The molecule has 2 aromatic rings. The van der Waals surface area contributed by atoms with Gasteiger partial charge in [-0.15, -0.1) is 0 Å². The maximum absolute atomic E-state index is 12.8. The molecule has 2 rings (SSSR count). The minimum atomic E-state index is -0.997. The fourth-order valence-corrected chi connectivity index (χ4v) is 3.21. The van der Waals surface area contributed by atoms with E-state index in [0.717, 1.165) is 7.11 Å². The average molecular weight is 418 g/mol. The molecule has 0 aliphatic heterocycles. The highest BCUT2D eigenvalue weighted by molar-refractivity contribution is 5.99. The second-order valence-electron chi connectivity index (χ2n) is 6.67. The van der Waals surface area contributed by atoms with Gasteiger partial charge in [0.25, 0.3) is 0 Å². The third-order valence-electron chi connectivity index (χ3n) is 4.55. The fourth-order valence-electron chi connectivity index (χ4n) is 3.21. The molecule has 0 saturated carbocycles. The predicted octanol–water partition coefficient (Wildman–Crippen LogP) is 3.72. The Labute approximate surface area is 174 Å². The SMILES string of the molecule is CCCc1cc(OC)cc(O)c1C(=O)Oc1c(O)cc(CCC)c(C(=O)OC)c1O. The Balaban J connectivity index is 2.55. The van der Waals surface area contributed by atoms with Crippen molar-refractivity contribution < 1.29 is 39.1 Å². The van der Waals surface area contributed by atoms with Gasteiger partial charge in [0.05, 0.1) is 14.2 Å². The Hall–Kier alpha value is -3.42. The number of phenols is 3. The molecule has 30 heavy (non-hydrogen) atoms. The Morgan fingerprint density at radius 1 is 0.833 bits per heavy atom. The molecule has 0 heterocycles. The van der Waals surface area contributed by atoms with E-state index in [1.54, 1.807) is 6.07 Å². The van der Waals surface area contributed by atoms with Crippen molar-refractivity contribution in [3.8, 4) is 28.7 Å². The van der Waals surface area contributed by atoms with Crippen LogP contribution in [-0.4, -0.2) is 41.5 Å². The van der Waals surface area contributed by atoms with Gasteiger partial charge in [0, 0.05) is 6.07 Å². The number of esters is 2. The normalized spacial score (nSPS) is 10.5. The summed E-state index contributed by atoms with van der Waals surface area (Å²) in [7, 11) is 2.59. The third kappa shape index (κ3) is 4.59. The third-order valence-corrected chi connectivity index (χ3v) is 4.55. The van der Waals surface area contributed by atoms with Crippen molar-refractivity contribution in [1.82, 2.24) is 0 Å². The number of rotatable bonds is 8. The van der Waals surface area contributed by atoms with Gasteiger partial charge in [-0.1, -0.05) is 26.7 Å². The minimum Gasteiger partial charge on any atom is -0.507 e. The van der Waals surface area contributed by atoms with Crippen molar-refractivity contribution in [3.05, 3.63) is 40.5 Å². The summed E-state index contributed by atoms with van der Waals surface area (Å²) in [6.45, 7) is 3.77. The second-order valence-corrected chi connectivity index (χ2v) is 6.67. The predicted molar refractivity (Wildman–Crippen MR) is 109 cm³/mol. The molecule has 0 fully saturated rings. The monoisotopic (exact) mass is 418 g/mol. The Kier molecular flexibility index (Phi) is 7.52. The molecule has 8 nitrogen and oxygen atoms in total. The summed E-state index contributed by atoms with van der Waals surface area (Å²) < 4.78 is 15.1. The summed E-state index contributed by atoms with van der Waals surface area (Å²) in [5.41, 5.74) is 0.536. The van der Waals surface area contributed by atoms with Crippen LogP contribution in [0.15, 0.2) is 18.2 Å². The molecular weight excluding hydrogens is 392 g/mol. The zero-order valence-electron chi connectivity index (χ0n) is 17.4. The molecular formula is C22H26O8. The van der Waals surface area contributed by atoms with Gasteiger partial charge >= 0.3 is 11.9 Å². The van der Waals surface area contributed by atoms with Crippen LogP contribution >= 0.6 is 0 Å². The van der Waals surface area contributed by atoms with Gasteiger partial charge in [0.2, 0.25) is 5.75 Å². The molecule has 0 unspecified atom stereocenters. The Morgan fingerprint density at radius 3 is 1.97 bits per heavy atom. The van der Waals surface area contributed by atoms with Crippen LogP contribution < -0.4 is 9.47 Å². The van der Waals surface area contributed by atoms with Crippen molar-refractivity contribution in [1.29, 1.82) is 0 Å². The largest absolute Gasteiger partial charge is 0.507 e. The highest BCUT2D eigenvalue weighted by Crippen LogP contribution is 2.42. The maximum Gasteiger partial charge on any atom is 0.347 e. The molecule has 0 radical (unpaired) electrons. The number of phenolic OH excluding ortho intramolecular Hbond substituents is 3. The lowest BCUT2D eigenvalue weighted by Gasteiger charge is -2.16. The number of benzene rings is 2. The number of carbonyl (C=O) groups excluding carboxylic acids is 2. The molecule has 0 atom stereocenters. The average Bonchev–Trinajstić information content (AvgIpc) is 2.70. The summed E-state index contributed by atoms with van der Waals surface area (Å²) in [4.78, 5) is 25.0. The van der Waals surface area contributed by atoms with E-state index >= 15 is 0 Å². The first kappa shape index (κ1) is 22.9. The first-order valence-corrected chi connectivity index (χ1v) is 9.57. The zero-order chi connectivity index (χ0) is 22.4. The zero-order valence-corrected chi connectivity index (χ0v) is 17.4. The molecule has 0 aliphatic rings. The number of aromatic hydroxyl groups is 3. The lowest BCUT2D eigenvalue weighted by molar-refractivity contribution is 0.0590. The first-order chi connectivity index (χ1) is 14.3. The molecule has 0 aliphatic carbocycles. The summed E-state index contributed by atoms with van der Waals surface area (Å²) >= 11 is 0. The molecule has 8 heteroatoms. The lowest BCUT2D eigenvalue weighted by atomic mass is 10.00. The van der Waals surface area contributed by atoms with E-state index in [0.29, 0.717) is 42.6 Å². The van der Waals surface area contributed by atoms with E-state index in [1.165, 1.54) is 19.2 Å². The Bertz CT molecular complexity index is 949. The fraction of sp³-hybridized carbons (Fsp3) is 0.364. The topological polar surface area (TPSA) is 123 Å². The van der Waals surface area contributed by atoms with Gasteiger partial charge in [0.15, 0.2) is 11.5 Å². The van der Waals surface area contributed by atoms with E-state index in [4.69, 9.17) is 14.2 Å². The van der Waals surface area contributed by atoms with Crippen LogP contribution in [-0.2, 0) is 17.6 Å². The number of hydrogen-bond acceptors (Lipinski definition) is 8. The number of hydrogen-bond donors (Lipinski definition) is 3. The van der Waals surface area contributed by atoms with Gasteiger partial charge < -0.3 is 29.5 Å². The van der Waals surface area contributed by atoms with Crippen LogP contribution in [0.3, 0.4) is 0 Å². The lowest BCUT2D eigenvalue weighted by Crippen LogP contribution is -2.14. The van der Waals surface area contributed by atoms with Crippen LogP contribution in [0.1, 0.15) is 58.5 Å². The van der Waals surface area contributed by atoms with Crippen LogP contribution in [0.25, 0.3) is 0 Å². The van der Waals surface area contributed by atoms with Gasteiger partial charge in [0.1, 0.15) is 22.6 Å². The van der Waals surface area contributed by atoms with Crippen LogP contribution in [0.5, 0.6) is 28.7 Å². The smallest absolute Gasteiger partial charge is 0.347 e. The van der Waals surface area contributed by atoms with E-state index in [2.05, 4.69) is 0 Å². The second kappa shape index (κ2) is 9.87. The summed E-state index contributed by atoms with van der Waals surface area (Å²) in [6, 6.07) is 4.11. The van der Waals surface area contributed by atoms with Crippen LogP contribution in [0, 0.1) is 0 Å². The molecule has 3 N–H and O–H groups in total. The Morgan fingerprint density at radius 2 is 1.43 bits per heavy atom. The molecule has 0 amide bonds. The number of carbonyl (C=O) groups is 2. The van der Waals surface area contributed by atoms with E-state index < -0.39 is 29.2 Å². The van der Waals surface area contributed by atoms with Crippen LogP contribution in [0.2, 0.25) is 0 Å². The van der Waals surface area contributed by atoms with Gasteiger partial charge in [-0.05, 0) is 36.1 Å². The number of ether oxygens (including phenoxy) is 3. The van der Waals surface area contributed by atoms with Crippen molar-refractivity contribution in [2.45, 2.75) is 39.5 Å². The molecule has 0 spiro atoms. The highest BCUT2D eigenvalue weighted by Gasteiger charge is 2.28. The number of aryl methyl sites for hydroxylation is 2. The first-order valence-electron chi connectivity index (χ1n) is 9.57. The van der Waals surface area contributed by atoms with Gasteiger partial charge in [-0.3, -0.25) is 0 Å². The molecule has 162 valence electrons. The highest BCUT2D eigenvalue weighted by atomic mass is 16.6. The van der Waals surface area contributed by atoms with Crippen molar-refractivity contribution in [2.75, 3.05) is 14.2 Å². The number of methoxy groups -OCH3 is 2. The molecule has 0 bridgehead atoms. The summed E-state index contributed by atoms with van der Waals surface area (Å²) in [6.07, 6.45) is 2.17. The summed E-state index contributed by atoms with van der Waals surface area (Å²) in [5.74, 6) is -3.62. The van der Waals surface area contributed by atoms with Crippen molar-refractivity contribution >= 4 is 11.9 Å². The van der Waals surface area contributed by atoms with E-state index in [9.17, 15) is 24.9 Å². The molecule has 0 aromatic heterocycles. The van der Waals surface area contributed by atoms with Crippen LogP contribution in [0.4, 0.5) is 0 Å². The van der Waals surface area contributed by atoms with Gasteiger partial charge in [-0.2, -0.15) is 0 Å².